The Balaban J connectivity index is 2.55. The molecule has 7 heteroatoms. The lowest BCUT2D eigenvalue weighted by molar-refractivity contribution is -0.142. The van der Waals surface area contributed by atoms with Gasteiger partial charge in [-0.15, -0.1) is 0 Å². The van der Waals surface area contributed by atoms with Crippen molar-refractivity contribution >= 4 is 17.6 Å². The van der Waals surface area contributed by atoms with Crippen LogP contribution >= 0.6 is 0 Å². The van der Waals surface area contributed by atoms with Crippen LogP contribution in [0.5, 0.6) is 11.5 Å². The summed E-state index contributed by atoms with van der Waals surface area (Å²) >= 11 is 0. The molecule has 0 fully saturated rings. The molecule has 0 heterocycles. The highest BCUT2D eigenvalue weighted by Crippen LogP contribution is 2.29. The molecule has 0 aliphatic carbocycles. The maximum atomic E-state index is 12.2. The van der Waals surface area contributed by atoms with Crippen molar-refractivity contribution in [2.45, 2.75) is 39.7 Å². The maximum absolute atomic E-state index is 12.2. The first-order chi connectivity index (χ1) is 12.3. The molecule has 1 amide bonds. The van der Waals surface area contributed by atoms with Crippen LogP contribution in [0.25, 0.3) is 0 Å². The first-order valence-corrected chi connectivity index (χ1v) is 8.74. The smallest absolute Gasteiger partial charge is 0.307 e. The second-order valence-electron chi connectivity index (χ2n) is 6.79. The van der Waals surface area contributed by atoms with Crippen LogP contribution in [-0.4, -0.2) is 43.8 Å². The average Bonchev–Trinajstić information content (AvgIpc) is 2.58. The molecule has 0 spiro atoms. The van der Waals surface area contributed by atoms with Gasteiger partial charge in [-0.25, -0.2) is 0 Å². The average molecular weight is 366 g/mol. The summed E-state index contributed by atoms with van der Waals surface area (Å²) in [5.41, 5.74) is 0.564. The van der Waals surface area contributed by atoms with Crippen LogP contribution in [0.4, 0.5) is 5.69 Å². The first kappa shape index (κ1) is 21.8. The summed E-state index contributed by atoms with van der Waals surface area (Å²) in [6.07, 6.45) is 0.827. The largest absolute Gasteiger partial charge is 0.497 e. The predicted octanol–water partition coefficient (Wildman–Crippen LogP) is 2.76. The Morgan fingerprint density at radius 1 is 1.15 bits per heavy atom. The van der Waals surface area contributed by atoms with Gasteiger partial charge in [0.25, 0.3) is 0 Å². The predicted molar refractivity (Wildman–Crippen MR) is 101 cm³/mol. The summed E-state index contributed by atoms with van der Waals surface area (Å²) in [7, 11) is 3.08. The Labute approximate surface area is 155 Å². The first-order valence-electron chi connectivity index (χ1n) is 8.74. The van der Waals surface area contributed by atoms with Crippen molar-refractivity contribution in [3.63, 3.8) is 0 Å². The molecule has 0 saturated carbocycles. The molecule has 7 nitrogen and oxygen atoms in total. The van der Waals surface area contributed by atoms with E-state index in [1.807, 2.05) is 20.8 Å². The standard InChI is InChI=1S/C19H30N2O5/c1-12(2)8-14(19(23)24)11-20-13(3)9-18(22)21-16-7-6-15(25-4)10-17(16)26-5/h6-7,10,12-14,20H,8-9,11H2,1-5H3,(H,21,22)(H,23,24). The van der Waals surface area contributed by atoms with Crippen LogP contribution in [0.15, 0.2) is 18.2 Å². The van der Waals surface area contributed by atoms with E-state index in [-0.39, 0.29) is 18.4 Å². The number of methoxy groups -OCH3 is 2. The summed E-state index contributed by atoms with van der Waals surface area (Å²) in [5, 5.41) is 15.2. The highest BCUT2D eigenvalue weighted by molar-refractivity contribution is 5.92. The molecule has 0 aliphatic heterocycles. The molecule has 0 aliphatic rings. The number of aliphatic carboxylic acids is 1. The van der Waals surface area contributed by atoms with E-state index in [9.17, 15) is 14.7 Å². The van der Waals surface area contributed by atoms with Gasteiger partial charge in [-0.1, -0.05) is 13.8 Å². The number of hydrogen-bond acceptors (Lipinski definition) is 5. The van der Waals surface area contributed by atoms with Crippen molar-refractivity contribution in [3.8, 4) is 11.5 Å². The Morgan fingerprint density at radius 2 is 1.85 bits per heavy atom. The minimum atomic E-state index is -0.814. The van der Waals surface area contributed by atoms with Gasteiger partial charge >= 0.3 is 5.97 Å². The number of rotatable bonds is 11. The highest BCUT2D eigenvalue weighted by atomic mass is 16.5. The third kappa shape index (κ3) is 7.31. The molecular weight excluding hydrogens is 336 g/mol. The quantitative estimate of drug-likeness (QED) is 0.557. The number of carbonyl (C=O) groups is 2. The fraction of sp³-hybridized carbons (Fsp3) is 0.579. The molecule has 1 aromatic rings. The normalized spacial score (nSPS) is 13.2. The number of hydrogen-bond donors (Lipinski definition) is 3. The van der Waals surface area contributed by atoms with Gasteiger partial charge in [0.1, 0.15) is 11.5 Å². The van der Waals surface area contributed by atoms with Crippen LogP contribution in [0.1, 0.15) is 33.6 Å². The van der Waals surface area contributed by atoms with Crippen molar-refractivity contribution < 1.29 is 24.2 Å². The van der Waals surface area contributed by atoms with E-state index in [0.29, 0.717) is 36.1 Å². The summed E-state index contributed by atoms with van der Waals surface area (Å²) in [6.45, 7) is 6.19. The van der Waals surface area contributed by atoms with Gasteiger partial charge < -0.3 is 25.2 Å². The molecule has 0 radical (unpaired) electrons. The number of ether oxygens (including phenoxy) is 2. The van der Waals surface area contributed by atoms with Crippen molar-refractivity contribution in [1.29, 1.82) is 0 Å². The lowest BCUT2D eigenvalue weighted by atomic mass is 9.97. The van der Waals surface area contributed by atoms with E-state index < -0.39 is 11.9 Å². The molecule has 3 N–H and O–H groups in total. The fourth-order valence-corrected chi connectivity index (χ4v) is 2.64. The molecule has 1 aromatic carbocycles. The number of carboxylic acid groups (broad SMARTS) is 1. The van der Waals surface area contributed by atoms with Gasteiger partial charge in [-0.05, 0) is 31.4 Å². The molecule has 0 bridgehead atoms. The topological polar surface area (TPSA) is 96.9 Å². The number of anilines is 1. The molecule has 2 atom stereocenters. The number of carboxylic acids is 1. The number of amides is 1. The fourth-order valence-electron chi connectivity index (χ4n) is 2.64. The zero-order valence-electron chi connectivity index (χ0n) is 16.2. The van der Waals surface area contributed by atoms with E-state index >= 15 is 0 Å². The molecular formula is C19H30N2O5. The highest BCUT2D eigenvalue weighted by Gasteiger charge is 2.20. The zero-order valence-corrected chi connectivity index (χ0v) is 16.2. The second-order valence-corrected chi connectivity index (χ2v) is 6.79. The van der Waals surface area contributed by atoms with E-state index in [0.717, 1.165) is 0 Å². The van der Waals surface area contributed by atoms with Crippen molar-refractivity contribution in [1.82, 2.24) is 5.32 Å². The Hall–Kier alpha value is -2.28. The molecule has 26 heavy (non-hydrogen) atoms. The van der Waals surface area contributed by atoms with Crippen LogP contribution < -0.4 is 20.1 Å². The lowest BCUT2D eigenvalue weighted by Crippen LogP contribution is -2.37. The van der Waals surface area contributed by atoms with Crippen molar-refractivity contribution in [3.05, 3.63) is 18.2 Å². The Kier molecular flexibility index (Phi) is 8.92. The third-order valence-electron chi connectivity index (χ3n) is 3.99. The van der Waals surface area contributed by atoms with Crippen molar-refractivity contribution in [2.75, 3.05) is 26.1 Å². The third-order valence-corrected chi connectivity index (χ3v) is 3.99. The number of carbonyl (C=O) groups excluding carboxylic acids is 1. The minimum Gasteiger partial charge on any atom is -0.497 e. The zero-order chi connectivity index (χ0) is 19.7. The summed E-state index contributed by atoms with van der Waals surface area (Å²) < 4.78 is 10.4. The summed E-state index contributed by atoms with van der Waals surface area (Å²) in [5.74, 6) is 0.0113. The molecule has 2 unspecified atom stereocenters. The molecule has 146 valence electrons. The van der Waals surface area contributed by atoms with Gasteiger partial charge in [-0.2, -0.15) is 0 Å². The Morgan fingerprint density at radius 3 is 2.38 bits per heavy atom. The maximum Gasteiger partial charge on any atom is 0.307 e. The molecule has 0 aromatic heterocycles. The van der Waals surface area contributed by atoms with E-state index in [1.54, 1.807) is 25.3 Å². The van der Waals surface area contributed by atoms with Gasteiger partial charge in [0, 0.05) is 25.1 Å². The van der Waals surface area contributed by atoms with Crippen LogP contribution in [0.3, 0.4) is 0 Å². The van der Waals surface area contributed by atoms with E-state index in [1.165, 1.54) is 7.11 Å². The SMILES string of the molecule is COc1ccc(NC(=O)CC(C)NCC(CC(C)C)C(=O)O)c(OC)c1. The van der Waals surface area contributed by atoms with Gasteiger partial charge in [0.05, 0.1) is 25.8 Å². The molecule has 1 rings (SSSR count). The van der Waals surface area contributed by atoms with Crippen LogP contribution in [0.2, 0.25) is 0 Å². The summed E-state index contributed by atoms with van der Waals surface area (Å²) in [6, 6.07) is 5.01. The van der Waals surface area contributed by atoms with Gasteiger partial charge in [0.2, 0.25) is 5.91 Å². The number of benzene rings is 1. The lowest BCUT2D eigenvalue weighted by Gasteiger charge is -2.19. The van der Waals surface area contributed by atoms with Crippen molar-refractivity contribution in [2.24, 2.45) is 11.8 Å². The van der Waals surface area contributed by atoms with Gasteiger partial charge in [-0.3, -0.25) is 9.59 Å². The van der Waals surface area contributed by atoms with E-state index in [2.05, 4.69) is 10.6 Å². The second kappa shape index (κ2) is 10.7. The Bertz CT molecular complexity index is 604. The van der Waals surface area contributed by atoms with E-state index in [4.69, 9.17) is 9.47 Å². The minimum absolute atomic E-state index is 0.145. The monoisotopic (exact) mass is 366 g/mol. The van der Waals surface area contributed by atoms with Gasteiger partial charge in [0.15, 0.2) is 0 Å². The number of nitrogens with one attached hydrogen (secondary N) is 2. The summed E-state index contributed by atoms with van der Waals surface area (Å²) in [4.78, 5) is 23.5. The van der Waals surface area contributed by atoms with Crippen LogP contribution in [-0.2, 0) is 9.59 Å². The van der Waals surface area contributed by atoms with Crippen LogP contribution in [0, 0.1) is 11.8 Å². The molecule has 0 saturated heterocycles.